The first kappa shape index (κ1) is 15.4. The Labute approximate surface area is 144 Å². The lowest BCUT2D eigenvalue weighted by molar-refractivity contribution is 0.480. The summed E-state index contributed by atoms with van der Waals surface area (Å²) in [5.74, 6) is 0. The van der Waals surface area contributed by atoms with Gasteiger partial charge in [0.1, 0.15) is 5.65 Å². The number of aromatic nitrogens is 4. The Hall–Kier alpha value is -2.12. The van der Waals surface area contributed by atoms with E-state index in [0.717, 1.165) is 46.2 Å². The summed E-state index contributed by atoms with van der Waals surface area (Å²) in [5, 5.41) is 9.05. The summed E-state index contributed by atoms with van der Waals surface area (Å²) in [4.78, 5) is 16.7. The number of hydrogen-bond acceptors (Lipinski definition) is 6. The van der Waals surface area contributed by atoms with Crippen molar-refractivity contribution in [3.05, 3.63) is 30.7 Å². The second-order valence-electron chi connectivity index (χ2n) is 5.90. The topological polar surface area (TPSA) is 78.5 Å². The third-order valence-corrected chi connectivity index (χ3v) is 4.89. The Morgan fingerprint density at radius 3 is 3.08 bits per heavy atom. The number of rotatable bonds is 4. The van der Waals surface area contributed by atoms with Crippen LogP contribution in [-0.2, 0) is 0 Å². The Bertz CT molecular complexity index is 840. The monoisotopic (exact) mass is 340 g/mol. The van der Waals surface area contributed by atoms with E-state index >= 15 is 0 Å². The molecule has 1 saturated heterocycles. The van der Waals surface area contributed by atoms with Gasteiger partial charge in [0.15, 0.2) is 5.16 Å². The molecule has 0 radical (unpaired) electrons. The molecule has 3 N–H and O–H groups in total. The van der Waals surface area contributed by atoms with Gasteiger partial charge in [-0.15, -0.1) is 0 Å². The molecule has 0 saturated carbocycles. The van der Waals surface area contributed by atoms with Crippen LogP contribution in [0.2, 0.25) is 0 Å². The molecule has 24 heavy (non-hydrogen) atoms. The van der Waals surface area contributed by atoms with Crippen molar-refractivity contribution in [1.82, 2.24) is 25.3 Å². The smallest absolute Gasteiger partial charge is 0.187 e. The van der Waals surface area contributed by atoms with Gasteiger partial charge in [-0.2, -0.15) is 0 Å². The van der Waals surface area contributed by atoms with Crippen molar-refractivity contribution in [2.45, 2.75) is 24.0 Å². The number of aromatic amines is 1. The lowest BCUT2D eigenvalue weighted by Crippen LogP contribution is -2.38. The van der Waals surface area contributed by atoms with Crippen LogP contribution in [0.1, 0.15) is 12.8 Å². The molecule has 0 aliphatic carbocycles. The Morgan fingerprint density at radius 1 is 1.29 bits per heavy atom. The van der Waals surface area contributed by atoms with Gasteiger partial charge in [0.2, 0.25) is 0 Å². The number of anilines is 1. The number of nitrogens with one attached hydrogen (secondary N) is 3. The highest BCUT2D eigenvalue weighted by Gasteiger charge is 2.18. The van der Waals surface area contributed by atoms with Crippen LogP contribution in [0.3, 0.4) is 0 Å². The van der Waals surface area contributed by atoms with Crippen LogP contribution in [0.5, 0.6) is 0 Å². The van der Waals surface area contributed by atoms with Crippen molar-refractivity contribution in [3.63, 3.8) is 0 Å². The number of hydrogen-bond donors (Lipinski definition) is 3. The van der Waals surface area contributed by atoms with Crippen LogP contribution < -0.4 is 10.6 Å². The average molecular weight is 340 g/mol. The molecule has 1 aliphatic rings. The maximum Gasteiger partial charge on any atom is 0.187 e. The van der Waals surface area contributed by atoms with Gasteiger partial charge in [0.25, 0.3) is 0 Å². The number of fused-ring (bicyclic) bond motifs is 1. The molecule has 0 unspecified atom stereocenters. The number of pyridine rings is 1. The van der Waals surface area contributed by atoms with E-state index in [4.69, 9.17) is 0 Å². The minimum absolute atomic E-state index is 0.417. The van der Waals surface area contributed by atoms with Crippen molar-refractivity contribution in [2.75, 3.05) is 24.7 Å². The molecule has 0 aromatic carbocycles. The zero-order valence-corrected chi connectivity index (χ0v) is 14.4. The van der Waals surface area contributed by atoms with Gasteiger partial charge in [-0.25, -0.2) is 15.0 Å². The summed E-state index contributed by atoms with van der Waals surface area (Å²) in [6.45, 7) is 2.08. The maximum atomic E-state index is 4.65. The van der Waals surface area contributed by atoms with Crippen molar-refractivity contribution in [1.29, 1.82) is 0 Å². The quantitative estimate of drug-likeness (QED) is 0.501. The summed E-state index contributed by atoms with van der Waals surface area (Å²) < 4.78 is 0. The molecule has 1 aliphatic heterocycles. The lowest BCUT2D eigenvalue weighted by Gasteiger charge is -2.26. The molecule has 3 aromatic heterocycles. The Balaban J connectivity index is 1.80. The predicted octanol–water partition coefficient (Wildman–Crippen LogP) is 2.91. The lowest BCUT2D eigenvalue weighted by atomic mass is 10.0. The molecule has 0 spiro atoms. The van der Waals surface area contributed by atoms with E-state index in [0.29, 0.717) is 6.04 Å². The zero-order chi connectivity index (χ0) is 16.4. The fourth-order valence-electron chi connectivity index (χ4n) is 3.13. The third-order valence-electron chi connectivity index (χ3n) is 4.32. The van der Waals surface area contributed by atoms with Gasteiger partial charge in [-0.1, -0.05) is 11.8 Å². The molecular weight excluding hydrogens is 320 g/mol. The number of H-pyrrole nitrogens is 1. The molecule has 6 nitrogen and oxygen atoms in total. The summed E-state index contributed by atoms with van der Waals surface area (Å²) in [7, 11) is 0. The van der Waals surface area contributed by atoms with Crippen molar-refractivity contribution >= 4 is 28.5 Å². The standard InChI is InChI=1S/C17H20N6S/c1-24-17-20-8-5-14(23-17)13-10-21-16-12(4-7-19-16)15(13)22-11-3-2-6-18-9-11/h4-5,7-8,10-11,18H,2-3,6,9H2,1H3,(H2,19,21,22)/t11-/m1/s1. The number of piperidine rings is 1. The molecule has 0 bridgehead atoms. The van der Waals surface area contributed by atoms with E-state index in [-0.39, 0.29) is 0 Å². The van der Waals surface area contributed by atoms with E-state index in [9.17, 15) is 0 Å². The second-order valence-corrected chi connectivity index (χ2v) is 6.68. The van der Waals surface area contributed by atoms with E-state index < -0.39 is 0 Å². The Morgan fingerprint density at radius 2 is 2.25 bits per heavy atom. The zero-order valence-electron chi connectivity index (χ0n) is 13.5. The second kappa shape index (κ2) is 6.78. The summed E-state index contributed by atoms with van der Waals surface area (Å²) >= 11 is 1.55. The fourth-order valence-corrected chi connectivity index (χ4v) is 3.48. The first-order valence-corrected chi connectivity index (χ1v) is 9.38. The molecule has 124 valence electrons. The normalized spacial score (nSPS) is 18.0. The molecule has 7 heteroatoms. The summed E-state index contributed by atoms with van der Waals surface area (Å²) in [6.07, 6.45) is 9.98. The fraction of sp³-hybridized carbons (Fsp3) is 0.353. The van der Waals surface area contributed by atoms with Gasteiger partial charge in [-0.05, 0) is 37.8 Å². The van der Waals surface area contributed by atoms with Crippen LogP contribution in [-0.4, -0.2) is 45.3 Å². The van der Waals surface area contributed by atoms with Crippen molar-refractivity contribution in [2.24, 2.45) is 0 Å². The Kier molecular flexibility index (Phi) is 4.36. The molecule has 0 amide bonds. The van der Waals surface area contributed by atoms with Crippen LogP contribution in [0.25, 0.3) is 22.3 Å². The minimum Gasteiger partial charge on any atom is -0.380 e. The number of nitrogens with zero attached hydrogens (tertiary/aromatic N) is 3. The molecule has 1 atom stereocenters. The van der Waals surface area contributed by atoms with Crippen LogP contribution in [0.15, 0.2) is 35.9 Å². The molecular formula is C17H20N6S. The molecule has 4 rings (SSSR count). The largest absolute Gasteiger partial charge is 0.380 e. The average Bonchev–Trinajstić information content (AvgIpc) is 3.12. The van der Waals surface area contributed by atoms with Crippen LogP contribution in [0, 0.1) is 0 Å². The third kappa shape index (κ3) is 2.97. The van der Waals surface area contributed by atoms with Gasteiger partial charge >= 0.3 is 0 Å². The first-order chi connectivity index (χ1) is 11.8. The highest BCUT2D eigenvalue weighted by atomic mass is 32.2. The van der Waals surface area contributed by atoms with Gasteiger partial charge in [-0.3, -0.25) is 0 Å². The van der Waals surface area contributed by atoms with E-state index in [1.54, 1.807) is 18.0 Å². The molecule has 3 aromatic rings. The van der Waals surface area contributed by atoms with Gasteiger partial charge in [0.05, 0.1) is 11.4 Å². The summed E-state index contributed by atoms with van der Waals surface area (Å²) in [5.41, 5.74) is 3.91. The summed E-state index contributed by atoms with van der Waals surface area (Å²) in [6, 6.07) is 4.43. The van der Waals surface area contributed by atoms with Gasteiger partial charge < -0.3 is 15.6 Å². The molecule has 1 fully saturated rings. The van der Waals surface area contributed by atoms with Crippen molar-refractivity contribution < 1.29 is 0 Å². The first-order valence-electron chi connectivity index (χ1n) is 8.16. The SMILES string of the molecule is CSc1nccc(-c2cnc3[nH]ccc3c2N[C@@H]2CCCNC2)n1. The van der Waals surface area contributed by atoms with E-state index in [1.807, 2.05) is 24.7 Å². The van der Waals surface area contributed by atoms with Crippen LogP contribution in [0.4, 0.5) is 5.69 Å². The predicted molar refractivity (Wildman–Crippen MR) is 98.4 cm³/mol. The maximum absolute atomic E-state index is 4.65. The minimum atomic E-state index is 0.417. The highest BCUT2D eigenvalue weighted by Crippen LogP contribution is 2.33. The van der Waals surface area contributed by atoms with E-state index in [2.05, 4.69) is 36.6 Å². The van der Waals surface area contributed by atoms with Crippen LogP contribution >= 0.6 is 11.8 Å². The van der Waals surface area contributed by atoms with E-state index in [1.165, 1.54) is 12.8 Å². The molecule has 4 heterocycles. The van der Waals surface area contributed by atoms with Gasteiger partial charge in [0, 0.05) is 42.1 Å². The number of thioether (sulfide) groups is 1. The van der Waals surface area contributed by atoms with Crippen molar-refractivity contribution in [3.8, 4) is 11.3 Å². The highest BCUT2D eigenvalue weighted by molar-refractivity contribution is 7.98.